The van der Waals surface area contributed by atoms with Crippen molar-refractivity contribution in [3.05, 3.63) is 65.6 Å². The fourth-order valence-corrected chi connectivity index (χ4v) is 5.70. The predicted molar refractivity (Wildman–Crippen MR) is 138 cm³/mol. The summed E-state index contributed by atoms with van der Waals surface area (Å²) in [5.74, 6) is 0.659. The zero-order chi connectivity index (χ0) is 24.2. The minimum absolute atomic E-state index is 0.0692. The first-order valence-corrected chi connectivity index (χ1v) is 12.3. The molecule has 0 radical (unpaired) electrons. The summed E-state index contributed by atoms with van der Waals surface area (Å²) in [6, 6.07) is 12.6. The maximum Gasteiger partial charge on any atom is 0.254 e. The summed E-state index contributed by atoms with van der Waals surface area (Å²) >= 11 is 0. The van der Waals surface area contributed by atoms with Crippen LogP contribution in [-0.2, 0) is 24.9 Å². The van der Waals surface area contributed by atoms with E-state index in [1.807, 2.05) is 42.2 Å². The number of anilines is 3. The Hall–Kier alpha value is -3.95. The van der Waals surface area contributed by atoms with Crippen LogP contribution in [0.1, 0.15) is 21.6 Å². The molecule has 1 fully saturated rings. The van der Waals surface area contributed by atoms with Gasteiger partial charge in [0.15, 0.2) is 0 Å². The molecule has 9 nitrogen and oxygen atoms in total. The van der Waals surface area contributed by atoms with Crippen molar-refractivity contribution in [1.82, 2.24) is 25.2 Å². The van der Waals surface area contributed by atoms with Crippen molar-refractivity contribution in [3.63, 3.8) is 0 Å². The normalized spacial score (nSPS) is 18.9. The van der Waals surface area contributed by atoms with E-state index in [-0.39, 0.29) is 5.91 Å². The molecule has 3 N–H and O–H groups in total. The van der Waals surface area contributed by atoms with Gasteiger partial charge in [0.2, 0.25) is 0 Å². The van der Waals surface area contributed by atoms with Crippen LogP contribution in [0.2, 0.25) is 0 Å². The van der Waals surface area contributed by atoms with E-state index in [2.05, 4.69) is 44.0 Å². The molecular weight excluding hydrogens is 454 g/mol. The Morgan fingerprint density at radius 1 is 1.11 bits per heavy atom. The monoisotopic (exact) mass is 481 g/mol. The largest absolute Gasteiger partial charge is 0.377 e. The van der Waals surface area contributed by atoms with Gasteiger partial charge in [-0.3, -0.25) is 4.79 Å². The fourth-order valence-electron chi connectivity index (χ4n) is 5.70. The highest BCUT2D eigenvalue weighted by Gasteiger charge is 2.29. The van der Waals surface area contributed by atoms with E-state index in [0.29, 0.717) is 24.7 Å². The van der Waals surface area contributed by atoms with Gasteiger partial charge in [0.05, 0.1) is 41.9 Å². The lowest BCUT2D eigenvalue weighted by molar-refractivity contribution is 0.0946. The Morgan fingerprint density at radius 3 is 3.00 bits per heavy atom. The zero-order valence-corrected chi connectivity index (χ0v) is 20.0. The van der Waals surface area contributed by atoms with Crippen LogP contribution in [-0.4, -0.2) is 52.8 Å². The van der Waals surface area contributed by atoms with E-state index in [9.17, 15) is 4.79 Å². The number of nitrogens with zero attached hydrogens (tertiary/aromatic N) is 4. The number of benzene rings is 1. The Morgan fingerprint density at radius 2 is 2.06 bits per heavy atom. The van der Waals surface area contributed by atoms with E-state index in [1.54, 1.807) is 0 Å². The van der Waals surface area contributed by atoms with Crippen molar-refractivity contribution in [2.45, 2.75) is 19.1 Å². The maximum absolute atomic E-state index is 12.9. The number of hydrogen-bond donors (Lipinski definition) is 3. The lowest BCUT2D eigenvalue weighted by atomic mass is 9.94. The van der Waals surface area contributed by atoms with Crippen LogP contribution in [0.4, 0.5) is 17.2 Å². The van der Waals surface area contributed by atoms with Gasteiger partial charge in [-0.2, -0.15) is 0 Å². The molecular formula is C27H27N7O2. The van der Waals surface area contributed by atoms with Crippen molar-refractivity contribution >= 4 is 34.1 Å². The first-order valence-electron chi connectivity index (χ1n) is 12.3. The molecule has 0 saturated carbocycles. The number of nitrogens with one attached hydrogen (secondary N) is 3. The third-order valence-electron chi connectivity index (χ3n) is 7.45. The first kappa shape index (κ1) is 21.3. The Kier molecular flexibility index (Phi) is 4.93. The molecule has 1 aromatic carbocycles. The van der Waals surface area contributed by atoms with Gasteiger partial charge in [-0.15, -0.1) is 0 Å². The van der Waals surface area contributed by atoms with E-state index in [1.165, 1.54) is 0 Å². The second-order valence-electron chi connectivity index (χ2n) is 9.56. The van der Waals surface area contributed by atoms with Crippen LogP contribution in [0.5, 0.6) is 0 Å². The Balaban J connectivity index is 1.26. The molecule has 0 unspecified atom stereocenters. The van der Waals surface area contributed by atoms with Gasteiger partial charge in [0.25, 0.3) is 5.91 Å². The molecule has 1 saturated heterocycles. The number of carbonyl (C=O) groups is 1. The molecule has 1 amide bonds. The highest BCUT2D eigenvalue weighted by molar-refractivity contribution is 6.07. The molecule has 6 heterocycles. The molecule has 3 aromatic heterocycles. The quantitative estimate of drug-likeness (QED) is 0.414. The third-order valence-corrected chi connectivity index (χ3v) is 7.45. The number of pyridine rings is 2. The maximum atomic E-state index is 12.9. The van der Waals surface area contributed by atoms with Gasteiger partial charge >= 0.3 is 0 Å². The Labute approximate surface area is 208 Å². The van der Waals surface area contributed by atoms with Crippen LogP contribution in [0.25, 0.3) is 22.2 Å². The van der Waals surface area contributed by atoms with Crippen molar-refractivity contribution in [2.24, 2.45) is 7.05 Å². The van der Waals surface area contributed by atoms with Crippen LogP contribution < -0.4 is 20.9 Å². The van der Waals surface area contributed by atoms with Crippen molar-refractivity contribution in [2.75, 3.05) is 36.5 Å². The van der Waals surface area contributed by atoms with Gasteiger partial charge in [0, 0.05) is 51.0 Å². The van der Waals surface area contributed by atoms with Crippen molar-refractivity contribution in [3.8, 4) is 11.1 Å². The molecule has 1 atom stereocenters. The number of ether oxygens (including phenoxy) is 1. The lowest BCUT2D eigenvalue weighted by Crippen LogP contribution is -2.49. The number of rotatable bonds is 3. The fraction of sp³-hybridized carbons (Fsp3) is 0.296. The average Bonchev–Trinajstić information content (AvgIpc) is 3.42. The molecule has 3 aliphatic rings. The zero-order valence-electron chi connectivity index (χ0n) is 20.0. The van der Waals surface area contributed by atoms with Gasteiger partial charge in [-0.05, 0) is 47.0 Å². The second-order valence-corrected chi connectivity index (χ2v) is 9.56. The summed E-state index contributed by atoms with van der Waals surface area (Å²) < 4.78 is 7.68. The van der Waals surface area contributed by atoms with Crippen molar-refractivity contribution < 1.29 is 9.53 Å². The molecule has 0 bridgehead atoms. The summed E-state index contributed by atoms with van der Waals surface area (Å²) in [7, 11) is 1.99. The average molecular weight is 482 g/mol. The van der Waals surface area contributed by atoms with E-state index >= 15 is 0 Å². The van der Waals surface area contributed by atoms with Crippen LogP contribution >= 0.6 is 0 Å². The minimum Gasteiger partial charge on any atom is -0.377 e. The summed E-state index contributed by atoms with van der Waals surface area (Å²) in [6.07, 6.45) is 3.84. The predicted octanol–water partition coefficient (Wildman–Crippen LogP) is 2.93. The number of amides is 1. The van der Waals surface area contributed by atoms with Gasteiger partial charge in [0.1, 0.15) is 11.5 Å². The minimum atomic E-state index is -0.0692. The molecule has 7 rings (SSSR count). The lowest BCUT2D eigenvalue weighted by Gasteiger charge is -2.36. The molecule has 36 heavy (non-hydrogen) atoms. The molecule has 0 aliphatic carbocycles. The standard InChI is InChI=1S/C27H27N7O2/c1-33-9-7-19-18(6-8-29-26(19)33)17-2-3-21(25-20(17)13-30-27(25)35)31-24-5-4-23-22(32-24)14-28-12-16-15-36-11-10-34(16)23/h2-9,16,28H,10-15H2,1H3,(H,30,35)(H,31,32)/t16-/m0/s1. The summed E-state index contributed by atoms with van der Waals surface area (Å²) in [5, 5.41) is 11.0. The van der Waals surface area contributed by atoms with E-state index < -0.39 is 0 Å². The van der Waals surface area contributed by atoms with Gasteiger partial charge < -0.3 is 30.2 Å². The number of aryl methyl sites for hydroxylation is 1. The number of hydrogen-bond acceptors (Lipinski definition) is 7. The summed E-state index contributed by atoms with van der Waals surface area (Å²) in [5.41, 5.74) is 7.64. The molecule has 9 heteroatoms. The number of morpholine rings is 1. The molecule has 4 aromatic rings. The third kappa shape index (κ3) is 3.35. The molecule has 0 spiro atoms. The molecule has 182 valence electrons. The van der Waals surface area contributed by atoms with E-state index in [0.717, 1.165) is 76.9 Å². The first-order chi connectivity index (χ1) is 17.7. The summed E-state index contributed by atoms with van der Waals surface area (Å²) in [4.78, 5) is 24.8. The molecule has 3 aliphatic heterocycles. The highest BCUT2D eigenvalue weighted by Crippen LogP contribution is 2.38. The van der Waals surface area contributed by atoms with Crippen molar-refractivity contribution in [1.29, 1.82) is 0 Å². The SMILES string of the molecule is Cn1ccc2c(-c3ccc(Nc4ccc5c(n4)CNC[C@H]4COCCN54)c4c3CNC4=O)ccnc21. The number of fused-ring (bicyclic) bond motifs is 5. The van der Waals surface area contributed by atoms with Crippen LogP contribution in [0.15, 0.2) is 48.8 Å². The highest BCUT2D eigenvalue weighted by atomic mass is 16.5. The second kappa shape index (κ2) is 8.32. The van der Waals surface area contributed by atoms with Gasteiger partial charge in [-0.25, -0.2) is 9.97 Å². The van der Waals surface area contributed by atoms with E-state index in [4.69, 9.17) is 9.72 Å². The van der Waals surface area contributed by atoms with Crippen LogP contribution in [0.3, 0.4) is 0 Å². The smallest absolute Gasteiger partial charge is 0.254 e. The van der Waals surface area contributed by atoms with Crippen LogP contribution in [0, 0.1) is 0 Å². The topological polar surface area (TPSA) is 96.3 Å². The van der Waals surface area contributed by atoms with Gasteiger partial charge in [-0.1, -0.05) is 6.07 Å². The number of carbonyl (C=O) groups excluding carboxylic acids is 1. The Bertz CT molecular complexity index is 1510. The number of aromatic nitrogens is 3. The summed E-state index contributed by atoms with van der Waals surface area (Å²) in [6.45, 7) is 4.40.